The Labute approximate surface area is 132 Å². The summed E-state index contributed by atoms with van der Waals surface area (Å²) in [5.74, 6) is 1.06. The van der Waals surface area contributed by atoms with E-state index < -0.39 is 0 Å². The van der Waals surface area contributed by atoms with Gasteiger partial charge in [-0.1, -0.05) is 28.2 Å². The zero-order valence-electron chi connectivity index (χ0n) is 14.2. The third-order valence-electron chi connectivity index (χ3n) is 3.87. The van der Waals surface area contributed by atoms with Crippen molar-refractivity contribution < 1.29 is 9.53 Å². The zero-order valence-corrected chi connectivity index (χ0v) is 14.2. The highest BCUT2D eigenvalue weighted by atomic mass is 16.5. The number of nitrogens with one attached hydrogen (secondary N) is 1. The van der Waals surface area contributed by atoms with Crippen molar-refractivity contribution in [2.45, 2.75) is 86.2 Å². The van der Waals surface area contributed by atoms with Gasteiger partial charge in [-0.3, -0.25) is 4.79 Å². The minimum absolute atomic E-state index is 0. The van der Waals surface area contributed by atoms with Crippen LogP contribution in [0.5, 0.6) is 0 Å². The van der Waals surface area contributed by atoms with Crippen LogP contribution in [0, 0.1) is 11.3 Å². The van der Waals surface area contributed by atoms with Crippen LogP contribution in [0.4, 0.5) is 0 Å². The number of carbonyl (C=O) groups is 1. The highest BCUT2D eigenvalue weighted by molar-refractivity contribution is 5.88. The molecule has 3 heteroatoms. The predicted octanol–water partition coefficient (Wildman–Crippen LogP) is 4.20. The highest BCUT2D eigenvalue weighted by Gasteiger charge is 2.32. The number of ether oxygens (including phenoxy) is 1. The van der Waals surface area contributed by atoms with Gasteiger partial charge < -0.3 is 10.1 Å². The second-order valence-corrected chi connectivity index (χ2v) is 8.19. The third kappa shape index (κ3) is 7.96. The quantitative estimate of drug-likeness (QED) is 0.827. The number of rotatable bonds is 5. The molecule has 1 unspecified atom stereocenters. The highest BCUT2D eigenvalue weighted by Crippen LogP contribution is 2.25. The molecule has 0 radical (unpaired) electrons. The molecule has 1 aliphatic rings. The maximum absolute atomic E-state index is 12.6. The molecule has 0 spiro atoms. The summed E-state index contributed by atoms with van der Waals surface area (Å²) >= 11 is 0. The maximum atomic E-state index is 12.6. The lowest BCUT2D eigenvalue weighted by Crippen LogP contribution is -2.51. The van der Waals surface area contributed by atoms with Crippen molar-refractivity contribution in [2.75, 3.05) is 13.2 Å². The molecule has 0 aromatic rings. The molecule has 1 fully saturated rings. The van der Waals surface area contributed by atoms with Crippen LogP contribution in [0.15, 0.2) is 0 Å². The zero-order chi connectivity index (χ0) is 15.4. The van der Waals surface area contributed by atoms with E-state index in [0.29, 0.717) is 5.78 Å². The summed E-state index contributed by atoms with van der Waals surface area (Å²) < 4.78 is 5.41. The fourth-order valence-electron chi connectivity index (χ4n) is 2.75. The molecule has 1 saturated heterocycles. The first kappa shape index (κ1) is 20.6. The van der Waals surface area contributed by atoms with E-state index in [4.69, 9.17) is 4.74 Å². The van der Waals surface area contributed by atoms with Crippen LogP contribution in [0.25, 0.3) is 0 Å². The number of carbonyl (C=O) groups excluding carboxylic acids is 1. The monoisotopic (exact) mass is 299 g/mol. The van der Waals surface area contributed by atoms with E-state index in [-0.39, 0.29) is 24.4 Å². The Bertz CT molecular complexity index is 306. The van der Waals surface area contributed by atoms with Crippen LogP contribution in [-0.4, -0.2) is 30.6 Å². The summed E-state index contributed by atoms with van der Waals surface area (Å²) in [6, 6.07) is -0.0298. The molecular formula is C18H37NO2. The summed E-state index contributed by atoms with van der Waals surface area (Å²) in [6.45, 7) is 14.2. The van der Waals surface area contributed by atoms with Gasteiger partial charge in [0.15, 0.2) is 5.78 Å². The molecule has 21 heavy (non-hydrogen) atoms. The van der Waals surface area contributed by atoms with Crippen molar-refractivity contribution in [1.29, 1.82) is 0 Å². The standard InChI is InChI=1S/C17H33NO2.CH4/c1-16(2,3)15(19)14(18-17(4,5)6)8-7-13-9-11-20-12-10-13;/h13-14,18H,7-12H2,1-6H3;1H4. The lowest BCUT2D eigenvalue weighted by atomic mass is 9.82. The summed E-state index contributed by atoms with van der Waals surface area (Å²) in [4.78, 5) is 12.6. The van der Waals surface area contributed by atoms with Crippen LogP contribution in [0.2, 0.25) is 0 Å². The van der Waals surface area contributed by atoms with Crippen molar-refractivity contribution in [3.05, 3.63) is 0 Å². The van der Waals surface area contributed by atoms with Gasteiger partial charge in [-0.05, 0) is 52.4 Å². The van der Waals surface area contributed by atoms with E-state index in [1.54, 1.807) is 0 Å². The Balaban J connectivity index is 0.00000400. The molecule has 1 atom stereocenters. The summed E-state index contributed by atoms with van der Waals surface area (Å²) in [5, 5.41) is 3.52. The molecule has 1 aliphatic heterocycles. The van der Waals surface area contributed by atoms with E-state index in [1.807, 2.05) is 20.8 Å². The van der Waals surface area contributed by atoms with Gasteiger partial charge in [-0.2, -0.15) is 0 Å². The lowest BCUT2D eigenvalue weighted by molar-refractivity contribution is -0.129. The first-order chi connectivity index (χ1) is 9.09. The van der Waals surface area contributed by atoms with Crippen molar-refractivity contribution in [2.24, 2.45) is 11.3 Å². The van der Waals surface area contributed by atoms with Crippen LogP contribution < -0.4 is 5.32 Å². The van der Waals surface area contributed by atoms with Gasteiger partial charge in [0, 0.05) is 24.2 Å². The van der Waals surface area contributed by atoms with Gasteiger partial charge in [0.1, 0.15) is 0 Å². The average molecular weight is 299 g/mol. The number of Topliss-reactive ketones (excluding diaryl/α,β-unsaturated/α-hetero) is 1. The van der Waals surface area contributed by atoms with Gasteiger partial charge in [0.05, 0.1) is 6.04 Å². The average Bonchev–Trinajstić information content (AvgIpc) is 2.32. The molecule has 0 bridgehead atoms. The smallest absolute Gasteiger partial charge is 0.155 e. The molecule has 0 aromatic heterocycles. The third-order valence-corrected chi connectivity index (χ3v) is 3.87. The molecule has 1 N–H and O–H groups in total. The normalized spacial score (nSPS) is 19.0. The minimum Gasteiger partial charge on any atom is -0.381 e. The van der Waals surface area contributed by atoms with Gasteiger partial charge in [-0.25, -0.2) is 0 Å². The second-order valence-electron chi connectivity index (χ2n) is 8.19. The Morgan fingerprint density at radius 2 is 1.67 bits per heavy atom. The summed E-state index contributed by atoms with van der Waals surface area (Å²) in [6.07, 6.45) is 4.36. The van der Waals surface area contributed by atoms with E-state index in [1.165, 1.54) is 0 Å². The van der Waals surface area contributed by atoms with Crippen LogP contribution in [0.3, 0.4) is 0 Å². The molecule has 0 aliphatic carbocycles. The lowest BCUT2D eigenvalue weighted by Gasteiger charge is -2.33. The van der Waals surface area contributed by atoms with Gasteiger partial charge in [0.2, 0.25) is 0 Å². The van der Waals surface area contributed by atoms with Crippen LogP contribution in [-0.2, 0) is 9.53 Å². The van der Waals surface area contributed by atoms with Gasteiger partial charge >= 0.3 is 0 Å². The first-order valence-corrected chi connectivity index (χ1v) is 7.99. The Morgan fingerprint density at radius 1 is 1.14 bits per heavy atom. The molecule has 126 valence electrons. The van der Waals surface area contributed by atoms with Crippen molar-refractivity contribution in [3.8, 4) is 0 Å². The number of hydrogen-bond acceptors (Lipinski definition) is 3. The Kier molecular flexibility index (Phi) is 8.12. The van der Waals surface area contributed by atoms with Crippen molar-refractivity contribution >= 4 is 5.78 Å². The molecule has 3 nitrogen and oxygen atoms in total. The Hall–Kier alpha value is -0.410. The number of ketones is 1. The van der Waals surface area contributed by atoms with Crippen molar-refractivity contribution in [1.82, 2.24) is 5.32 Å². The van der Waals surface area contributed by atoms with Crippen LogP contribution in [0.1, 0.15) is 74.7 Å². The molecule has 0 amide bonds. The minimum atomic E-state index is -0.279. The van der Waals surface area contributed by atoms with E-state index in [2.05, 4.69) is 26.1 Å². The predicted molar refractivity (Wildman–Crippen MR) is 90.6 cm³/mol. The largest absolute Gasteiger partial charge is 0.381 e. The first-order valence-electron chi connectivity index (χ1n) is 7.99. The second kappa shape index (κ2) is 8.28. The number of hydrogen-bond donors (Lipinski definition) is 1. The fourth-order valence-corrected chi connectivity index (χ4v) is 2.75. The fraction of sp³-hybridized carbons (Fsp3) is 0.944. The van der Waals surface area contributed by atoms with Crippen molar-refractivity contribution in [3.63, 3.8) is 0 Å². The van der Waals surface area contributed by atoms with Crippen LogP contribution >= 0.6 is 0 Å². The molecule has 0 aromatic carbocycles. The molecule has 1 heterocycles. The topological polar surface area (TPSA) is 38.3 Å². The van der Waals surface area contributed by atoms with E-state index in [0.717, 1.165) is 44.8 Å². The van der Waals surface area contributed by atoms with E-state index in [9.17, 15) is 4.79 Å². The van der Waals surface area contributed by atoms with Gasteiger partial charge in [0.25, 0.3) is 0 Å². The summed E-state index contributed by atoms with van der Waals surface area (Å²) in [7, 11) is 0. The molecular weight excluding hydrogens is 262 g/mol. The SMILES string of the molecule is C.CC(C)(C)NC(CCC1CCOCC1)C(=O)C(C)(C)C. The maximum Gasteiger partial charge on any atom is 0.155 e. The summed E-state index contributed by atoms with van der Waals surface area (Å²) in [5.41, 5.74) is -0.306. The van der Waals surface area contributed by atoms with E-state index >= 15 is 0 Å². The van der Waals surface area contributed by atoms with Gasteiger partial charge in [-0.15, -0.1) is 0 Å². The molecule has 1 rings (SSSR count). The molecule has 0 saturated carbocycles. The Morgan fingerprint density at radius 3 is 2.10 bits per heavy atom.